The highest BCUT2D eigenvalue weighted by Crippen LogP contribution is 2.36. The van der Waals surface area contributed by atoms with E-state index in [2.05, 4.69) is 15.0 Å². The minimum absolute atomic E-state index is 0.0867. The van der Waals surface area contributed by atoms with Crippen LogP contribution in [-0.4, -0.2) is 36.2 Å². The van der Waals surface area contributed by atoms with Gasteiger partial charge in [0.05, 0.1) is 18.2 Å². The molecule has 0 saturated heterocycles. The Morgan fingerprint density at radius 3 is 2.44 bits per heavy atom. The number of benzene rings is 1. The van der Waals surface area contributed by atoms with Crippen LogP contribution >= 0.6 is 0 Å². The molecule has 1 saturated carbocycles. The summed E-state index contributed by atoms with van der Waals surface area (Å²) in [5, 5.41) is 2.53. The van der Waals surface area contributed by atoms with Crippen molar-refractivity contribution in [1.29, 1.82) is 0 Å². The molecule has 0 bridgehead atoms. The standard InChI is InChI=1S/C26H32F3N3O4/c1-5-35-24(33)17-10-12-18(13-11-17)32(22-9-7-6-8-19(22)15(2)3)26(34)31-21-14-20(27)16(4)30-23(21)36-25(28)29/h6-9,14-15,17-18,25H,5,10-13H2,1-4H3,(H,31,34). The molecule has 1 N–H and O–H groups in total. The van der Waals surface area contributed by atoms with Crippen LogP contribution in [0.15, 0.2) is 30.3 Å². The van der Waals surface area contributed by atoms with Gasteiger partial charge >= 0.3 is 18.6 Å². The fraction of sp³-hybridized carbons (Fsp3) is 0.500. The third-order valence-electron chi connectivity index (χ3n) is 6.28. The van der Waals surface area contributed by atoms with Gasteiger partial charge in [-0.05, 0) is 57.1 Å². The van der Waals surface area contributed by atoms with Crippen molar-refractivity contribution < 1.29 is 32.2 Å². The van der Waals surface area contributed by atoms with Gasteiger partial charge in [0.1, 0.15) is 11.5 Å². The Labute approximate surface area is 209 Å². The number of nitrogens with zero attached hydrogens (tertiary/aromatic N) is 2. The third-order valence-corrected chi connectivity index (χ3v) is 6.28. The Bertz CT molecular complexity index is 1070. The summed E-state index contributed by atoms with van der Waals surface area (Å²) >= 11 is 0. The fourth-order valence-corrected chi connectivity index (χ4v) is 4.49. The van der Waals surface area contributed by atoms with Gasteiger partial charge in [0.25, 0.3) is 0 Å². The molecule has 1 aromatic heterocycles. The second kappa shape index (κ2) is 12.1. The number of hydrogen-bond acceptors (Lipinski definition) is 5. The van der Waals surface area contributed by atoms with Crippen molar-refractivity contribution in [3.8, 4) is 5.88 Å². The van der Waals surface area contributed by atoms with Crippen LogP contribution in [-0.2, 0) is 9.53 Å². The molecule has 0 atom stereocenters. The van der Waals surface area contributed by atoms with Crippen molar-refractivity contribution in [2.75, 3.05) is 16.8 Å². The Hall–Kier alpha value is -3.30. The molecule has 7 nitrogen and oxygen atoms in total. The molecule has 36 heavy (non-hydrogen) atoms. The zero-order valence-electron chi connectivity index (χ0n) is 20.9. The molecule has 0 radical (unpaired) electrons. The summed E-state index contributed by atoms with van der Waals surface area (Å²) in [4.78, 5) is 31.2. The van der Waals surface area contributed by atoms with Gasteiger partial charge in [-0.15, -0.1) is 0 Å². The molecule has 0 unspecified atom stereocenters. The summed E-state index contributed by atoms with van der Waals surface area (Å²) in [6, 6.07) is 7.43. The van der Waals surface area contributed by atoms with E-state index in [1.165, 1.54) is 6.92 Å². The molecule has 3 rings (SSSR count). The average Bonchev–Trinajstić information content (AvgIpc) is 2.83. The number of urea groups is 1. The van der Waals surface area contributed by atoms with Gasteiger partial charge in [-0.3, -0.25) is 9.69 Å². The number of aromatic nitrogens is 1. The number of para-hydroxylation sites is 1. The smallest absolute Gasteiger partial charge is 0.388 e. The number of esters is 1. The van der Waals surface area contributed by atoms with Crippen molar-refractivity contribution in [2.45, 2.75) is 71.9 Å². The van der Waals surface area contributed by atoms with Crippen molar-refractivity contribution in [3.63, 3.8) is 0 Å². The topological polar surface area (TPSA) is 80.8 Å². The van der Waals surface area contributed by atoms with Crippen LogP contribution in [0.3, 0.4) is 0 Å². The largest absolute Gasteiger partial charge is 0.466 e. The lowest BCUT2D eigenvalue weighted by molar-refractivity contribution is -0.149. The predicted octanol–water partition coefficient (Wildman–Crippen LogP) is 6.41. The van der Waals surface area contributed by atoms with E-state index in [1.54, 1.807) is 11.8 Å². The molecular formula is C26H32F3N3O4. The highest BCUT2D eigenvalue weighted by molar-refractivity contribution is 6.03. The lowest BCUT2D eigenvalue weighted by Crippen LogP contribution is -2.46. The quantitative estimate of drug-likeness (QED) is 0.418. The first-order chi connectivity index (χ1) is 17.1. The Kier molecular flexibility index (Phi) is 9.17. The van der Waals surface area contributed by atoms with E-state index in [0.29, 0.717) is 38.0 Å². The summed E-state index contributed by atoms with van der Waals surface area (Å²) < 4.78 is 49.8. The molecule has 0 spiro atoms. The van der Waals surface area contributed by atoms with Gasteiger partial charge in [0.2, 0.25) is 5.88 Å². The highest BCUT2D eigenvalue weighted by Gasteiger charge is 2.34. The van der Waals surface area contributed by atoms with Crippen molar-refractivity contribution >= 4 is 23.4 Å². The van der Waals surface area contributed by atoms with Gasteiger partial charge in [0, 0.05) is 17.8 Å². The number of carbonyl (C=O) groups is 2. The van der Waals surface area contributed by atoms with Crippen LogP contribution in [0.1, 0.15) is 63.6 Å². The SMILES string of the molecule is CCOC(=O)C1CCC(N(C(=O)Nc2cc(F)c(C)nc2OC(F)F)c2ccccc2C(C)C)CC1. The maximum absolute atomic E-state index is 14.3. The molecule has 0 aliphatic heterocycles. The number of pyridine rings is 1. The molecule has 1 aliphatic carbocycles. The summed E-state index contributed by atoms with van der Waals surface area (Å²) in [6.07, 6.45) is 2.14. The van der Waals surface area contributed by atoms with Crippen molar-refractivity contribution in [1.82, 2.24) is 4.98 Å². The number of amides is 2. The van der Waals surface area contributed by atoms with Gasteiger partial charge in [0.15, 0.2) is 0 Å². The van der Waals surface area contributed by atoms with Crippen LogP contribution in [0.2, 0.25) is 0 Å². The number of aryl methyl sites for hydroxylation is 1. The van der Waals surface area contributed by atoms with Crippen LogP contribution in [0, 0.1) is 18.7 Å². The van der Waals surface area contributed by atoms with E-state index < -0.39 is 24.3 Å². The normalized spacial score (nSPS) is 17.7. The third kappa shape index (κ3) is 6.47. The van der Waals surface area contributed by atoms with E-state index in [4.69, 9.17) is 4.74 Å². The number of halogens is 3. The number of alkyl halides is 2. The first-order valence-electron chi connectivity index (χ1n) is 12.1. The number of anilines is 2. The zero-order chi connectivity index (χ0) is 26.4. The van der Waals surface area contributed by atoms with E-state index in [-0.39, 0.29) is 35.2 Å². The summed E-state index contributed by atoms with van der Waals surface area (Å²) in [7, 11) is 0. The molecule has 2 amide bonds. The molecule has 1 aliphatic rings. The molecule has 1 fully saturated rings. The number of ether oxygens (including phenoxy) is 2. The summed E-state index contributed by atoms with van der Waals surface area (Å²) in [5.41, 5.74) is 1.14. The highest BCUT2D eigenvalue weighted by atomic mass is 19.3. The number of carbonyl (C=O) groups excluding carboxylic acids is 2. The maximum Gasteiger partial charge on any atom is 0.388 e. The van der Waals surface area contributed by atoms with E-state index in [9.17, 15) is 22.8 Å². The lowest BCUT2D eigenvalue weighted by Gasteiger charge is -2.37. The number of rotatable bonds is 8. The monoisotopic (exact) mass is 507 g/mol. The minimum Gasteiger partial charge on any atom is -0.466 e. The van der Waals surface area contributed by atoms with E-state index >= 15 is 0 Å². The second-order valence-electron chi connectivity index (χ2n) is 9.06. The van der Waals surface area contributed by atoms with Crippen LogP contribution < -0.4 is 15.0 Å². The summed E-state index contributed by atoms with van der Waals surface area (Å²) in [6.45, 7) is 4.17. The predicted molar refractivity (Wildman–Crippen MR) is 130 cm³/mol. The van der Waals surface area contributed by atoms with E-state index in [1.807, 2.05) is 38.1 Å². The molecular weight excluding hydrogens is 475 g/mol. The number of nitrogens with one attached hydrogen (secondary N) is 1. The Morgan fingerprint density at radius 2 is 1.83 bits per heavy atom. The minimum atomic E-state index is -3.20. The first kappa shape index (κ1) is 27.3. The van der Waals surface area contributed by atoms with Gasteiger partial charge < -0.3 is 14.8 Å². The molecule has 1 aromatic carbocycles. The molecule has 1 heterocycles. The molecule has 2 aromatic rings. The fourth-order valence-electron chi connectivity index (χ4n) is 4.49. The van der Waals surface area contributed by atoms with Crippen LogP contribution in [0.4, 0.5) is 29.3 Å². The first-order valence-corrected chi connectivity index (χ1v) is 12.1. The maximum atomic E-state index is 14.3. The zero-order valence-corrected chi connectivity index (χ0v) is 20.9. The van der Waals surface area contributed by atoms with Gasteiger partial charge in [-0.2, -0.15) is 8.78 Å². The van der Waals surface area contributed by atoms with Crippen molar-refractivity contribution in [2.24, 2.45) is 5.92 Å². The lowest BCUT2D eigenvalue weighted by atomic mass is 9.84. The second-order valence-corrected chi connectivity index (χ2v) is 9.06. The molecule has 196 valence electrons. The van der Waals surface area contributed by atoms with Gasteiger partial charge in [-0.1, -0.05) is 32.0 Å². The average molecular weight is 508 g/mol. The molecule has 10 heteroatoms. The Morgan fingerprint density at radius 1 is 1.17 bits per heavy atom. The van der Waals surface area contributed by atoms with Crippen LogP contribution in [0.25, 0.3) is 0 Å². The number of hydrogen-bond donors (Lipinski definition) is 1. The Balaban J connectivity index is 1.95. The van der Waals surface area contributed by atoms with Gasteiger partial charge in [-0.25, -0.2) is 14.2 Å². The summed E-state index contributed by atoms with van der Waals surface area (Å²) in [5.74, 6) is -1.74. The van der Waals surface area contributed by atoms with E-state index in [0.717, 1.165) is 11.6 Å². The van der Waals surface area contributed by atoms with Crippen LogP contribution in [0.5, 0.6) is 5.88 Å². The van der Waals surface area contributed by atoms with Crippen molar-refractivity contribution in [3.05, 3.63) is 47.4 Å².